The van der Waals surface area contributed by atoms with Crippen LogP contribution in [0, 0.1) is 0 Å². The maximum atomic E-state index is 3.51. The summed E-state index contributed by atoms with van der Waals surface area (Å²) < 4.78 is 0. The van der Waals surface area contributed by atoms with Gasteiger partial charge in [0.1, 0.15) is 0 Å². The molecule has 2 atom stereocenters. The van der Waals surface area contributed by atoms with Crippen molar-refractivity contribution in [3.8, 4) is 0 Å². The van der Waals surface area contributed by atoms with Gasteiger partial charge >= 0.3 is 0 Å². The van der Waals surface area contributed by atoms with Gasteiger partial charge in [-0.3, -0.25) is 0 Å². The van der Waals surface area contributed by atoms with Crippen LogP contribution in [-0.2, 0) is 0 Å². The fourth-order valence-corrected chi connectivity index (χ4v) is 5.58. The first-order valence-corrected chi connectivity index (χ1v) is 7.56. The smallest absolute Gasteiger partial charge is 0.0235 e. The number of hydrogen-bond acceptors (Lipinski definition) is 2. The van der Waals surface area contributed by atoms with Gasteiger partial charge in [-0.15, -0.1) is 0 Å². The predicted octanol–water partition coefficient (Wildman–Crippen LogP) is 2.99. The number of hydrogen-bond donors (Lipinski definition) is 0. The summed E-state index contributed by atoms with van der Waals surface area (Å²) in [4.78, 5) is 0. The second-order valence-electron chi connectivity index (χ2n) is 2.22. The third-order valence-corrected chi connectivity index (χ3v) is 7.02. The summed E-state index contributed by atoms with van der Waals surface area (Å²) in [6, 6.07) is 0. The SMILES string of the molecule is BrCC1CSC(CBr)CS1. The number of halogens is 2. The Morgan fingerprint density at radius 2 is 1.40 bits per heavy atom. The third kappa shape index (κ3) is 2.95. The van der Waals surface area contributed by atoms with Crippen molar-refractivity contribution in [2.24, 2.45) is 0 Å². The number of alkyl halides is 2. The molecule has 0 N–H and O–H groups in total. The van der Waals surface area contributed by atoms with Crippen molar-refractivity contribution in [2.75, 3.05) is 22.2 Å². The average molecular weight is 306 g/mol. The monoisotopic (exact) mass is 304 g/mol. The van der Waals surface area contributed by atoms with E-state index in [9.17, 15) is 0 Å². The van der Waals surface area contributed by atoms with Crippen molar-refractivity contribution >= 4 is 55.4 Å². The minimum atomic E-state index is 0.847. The van der Waals surface area contributed by atoms with Gasteiger partial charge in [0.15, 0.2) is 0 Å². The van der Waals surface area contributed by atoms with E-state index >= 15 is 0 Å². The van der Waals surface area contributed by atoms with Crippen molar-refractivity contribution in [1.82, 2.24) is 0 Å². The van der Waals surface area contributed by atoms with Gasteiger partial charge in [0.2, 0.25) is 0 Å². The third-order valence-electron chi connectivity index (χ3n) is 1.38. The molecule has 0 amide bonds. The average Bonchev–Trinajstić information content (AvgIpc) is 2.05. The maximum Gasteiger partial charge on any atom is 0.0235 e. The molecule has 0 spiro atoms. The summed E-state index contributed by atoms with van der Waals surface area (Å²) in [6.45, 7) is 0. The van der Waals surface area contributed by atoms with Gasteiger partial charge in [-0.1, -0.05) is 31.9 Å². The lowest BCUT2D eigenvalue weighted by molar-refractivity contribution is 1.07. The van der Waals surface area contributed by atoms with Crippen LogP contribution in [0.15, 0.2) is 0 Å². The van der Waals surface area contributed by atoms with Gasteiger partial charge in [-0.05, 0) is 0 Å². The molecule has 1 fully saturated rings. The molecule has 1 heterocycles. The van der Waals surface area contributed by atoms with Crippen molar-refractivity contribution in [3.63, 3.8) is 0 Å². The van der Waals surface area contributed by atoms with E-state index in [-0.39, 0.29) is 0 Å². The fraction of sp³-hybridized carbons (Fsp3) is 1.00. The molecular formula is C6H10Br2S2. The molecule has 0 aromatic heterocycles. The second-order valence-corrected chi connectivity index (χ2v) is 6.18. The first-order valence-electron chi connectivity index (χ1n) is 3.22. The minimum absolute atomic E-state index is 0.847. The molecule has 0 bridgehead atoms. The fourth-order valence-electron chi connectivity index (χ4n) is 0.761. The van der Waals surface area contributed by atoms with Gasteiger partial charge < -0.3 is 0 Å². The highest BCUT2D eigenvalue weighted by Crippen LogP contribution is 2.31. The highest BCUT2D eigenvalue weighted by Gasteiger charge is 2.19. The zero-order valence-corrected chi connectivity index (χ0v) is 10.4. The lowest BCUT2D eigenvalue weighted by Crippen LogP contribution is -2.23. The van der Waals surface area contributed by atoms with E-state index in [1.165, 1.54) is 11.5 Å². The highest BCUT2D eigenvalue weighted by molar-refractivity contribution is 9.09. The molecule has 0 radical (unpaired) electrons. The molecule has 1 rings (SSSR count). The standard InChI is InChI=1S/C6H10Br2S2/c7-1-5-3-10-6(2-8)4-9-5/h5-6H,1-4H2. The molecule has 1 aliphatic rings. The zero-order valence-electron chi connectivity index (χ0n) is 5.56. The largest absolute Gasteiger partial charge is 0.156 e. The van der Waals surface area contributed by atoms with Crippen LogP contribution in [0.25, 0.3) is 0 Å². The molecule has 1 aliphatic heterocycles. The summed E-state index contributed by atoms with van der Waals surface area (Å²) in [5, 5.41) is 4.00. The first-order chi connectivity index (χ1) is 4.86. The number of rotatable bonds is 2. The Morgan fingerprint density at radius 3 is 1.60 bits per heavy atom. The molecule has 0 aromatic rings. The Hall–Kier alpha value is 1.66. The molecule has 2 unspecified atom stereocenters. The van der Waals surface area contributed by atoms with Crippen molar-refractivity contribution in [2.45, 2.75) is 10.5 Å². The van der Waals surface area contributed by atoms with E-state index in [0.29, 0.717) is 0 Å². The molecule has 10 heavy (non-hydrogen) atoms. The minimum Gasteiger partial charge on any atom is -0.156 e. The van der Waals surface area contributed by atoms with E-state index in [1.807, 2.05) is 0 Å². The molecule has 0 aliphatic carbocycles. The Balaban J connectivity index is 2.17. The first kappa shape index (κ1) is 9.75. The predicted molar refractivity (Wildman–Crippen MR) is 60.1 cm³/mol. The van der Waals surface area contributed by atoms with Crippen LogP contribution in [-0.4, -0.2) is 32.7 Å². The van der Waals surface area contributed by atoms with Gasteiger partial charge in [0, 0.05) is 32.7 Å². The normalized spacial score (nSPS) is 34.2. The Labute approximate surface area is 87.5 Å². The summed E-state index contributed by atoms with van der Waals surface area (Å²) >= 11 is 11.2. The Morgan fingerprint density at radius 1 is 1.00 bits per heavy atom. The van der Waals surface area contributed by atoms with Crippen LogP contribution < -0.4 is 0 Å². The van der Waals surface area contributed by atoms with Crippen molar-refractivity contribution < 1.29 is 0 Å². The summed E-state index contributed by atoms with van der Waals surface area (Å²) in [7, 11) is 0. The van der Waals surface area contributed by atoms with Crippen molar-refractivity contribution in [3.05, 3.63) is 0 Å². The summed E-state index contributed by atoms with van der Waals surface area (Å²) in [5.74, 6) is 2.62. The van der Waals surface area contributed by atoms with Gasteiger partial charge in [0.05, 0.1) is 0 Å². The van der Waals surface area contributed by atoms with E-state index in [4.69, 9.17) is 0 Å². The van der Waals surface area contributed by atoms with Crippen LogP contribution >= 0.6 is 55.4 Å². The van der Waals surface area contributed by atoms with E-state index in [1.54, 1.807) is 0 Å². The quantitative estimate of drug-likeness (QED) is 0.719. The summed E-state index contributed by atoms with van der Waals surface area (Å²) in [6.07, 6.45) is 0. The molecule has 0 nitrogen and oxygen atoms in total. The Bertz CT molecular complexity index is 79.7. The lowest BCUT2D eigenvalue weighted by atomic mass is 10.5. The zero-order chi connectivity index (χ0) is 7.40. The Kier molecular flexibility index (Phi) is 5.20. The van der Waals surface area contributed by atoms with E-state index < -0.39 is 0 Å². The maximum absolute atomic E-state index is 3.51. The highest BCUT2D eigenvalue weighted by atomic mass is 79.9. The topological polar surface area (TPSA) is 0 Å². The van der Waals surface area contributed by atoms with Crippen LogP contribution in [0.5, 0.6) is 0 Å². The molecule has 60 valence electrons. The second kappa shape index (κ2) is 5.33. The molecule has 0 saturated carbocycles. The summed E-state index contributed by atoms with van der Waals surface area (Å²) in [5.41, 5.74) is 0. The van der Waals surface area contributed by atoms with Gasteiger partial charge in [0.25, 0.3) is 0 Å². The molecule has 0 aromatic carbocycles. The van der Waals surface area contributed by atoms with Crippen LogP contribution in [0.3, 0.4) is 0 Å². The molecular weight excluding hydrogens is 296 g/mol. The van der Waals surface area contributed by atoms with Gasteiger partial charge in [-0.25, -0.2) is 0 Å². The van der Waals surface area contributed by atoms with Crippen molar-refractivity contribution in [1.29, 1.82) is 0 Å². The van der Waals surface area contributed by atoms with E-state index in [2.05, 4.69) is 55.4 Å². The van der Waals surface area contributed by atoms with Crippen LogP contribution in [0.4, 0.5) is 0 Å². The van der Waals surface area contributed by atoms with Crippen LogP contribution in [0.2, 0.25) is 0 Å². The lowest BCUT2D eigenvalue weighted by Gasteiger charge is -2.24. The molecule has 1 saturated heterocycles. The van der Waals surface area contributed by atoms with Crippen LogP contribution in [0.1, 0.15) is 0 Å². The molecule has 4 heteroatoms. The van der Waals surface area contributed by atoms with Gasteiger partial charge in [-0.2, -0.15) is 23.5 Å². The van der Waals surface area contributed by atoms with E-state index in [0.717, 1.165) is 21.2 Å². The number of thioether (sulfide) groups is 2.